The molecule has 6 aromatic carbocycles. The van der Waals surface area contributed by atoms with Crippen LogP contribution in [0.4, 0.5) is 17.1 Å². The summed E-state index contributed by atoms with van der Waals surface area (Å²) in [5.41, 5.74) is 11.0. The van der Waals surface area contributed by atoms with E-state index in [1.54, 1.807) is 0 Å². The third kappa shape index (κ3) is 3.38. The molecule has 0 saturated carbocycles. The van der Waals surface area contributed by atoms with Gasteiger partial charge in [0.25, 0.3) is 0 Å². The van der Waals surface area contributed by atoms with Crippen molar-refractivity contribution in [2.45, 2.75) is 9.79 Å². The Morgan fingerprint density at radius 3 is 2.02 bits per heavy atom. The molecular formula is C38H22BNOS2. The van der Waals surface area contributed by atoms with Crippen LogP contribution in [0.3, 0.4) is 0 Å². The highest BCUT2D eigenvalue weighted by atomic mass is 32.2. The Balaban J connectivity index is 1.27. The topological polar surface area (TPSA) is 16.4 Å². The maximum atomic E-state index is 6.37. The summed E-state index contributed by atoms with van der Waals surface area (Å²) in [5, 5.41) is 3.75. The van der Waals surface area contributed by atoms with Crippen LogP contribution in [0.25, 0.3) is 42.5 Å². The molecule has 0 bridgehead atoms. The van der Waals surface area contributed by atoms with Gasteiger partial charge in [-0.05, 0) is 76.5 Å². The lowest BCUT2D eigenvalue weighted by molar-refractivity contribution is 0.668. The quantitative estimate of drug-likeness (QED) is 0.193. The monoisotopic (exact) mass is 583 g/mol. The van der Waals surface area contributed by atoms with Crippen molar-refractivity contribution in [3.8, 4) is 10.4 Å². The molecular weight excluding hydrogens is 561 g/mol. The number of para-hydroxylation sites is 3. The van der Waals surface area contributed by atoms with Crippen LogP contribution in [0.1, 0.15) is 0 Å². The second kappa shape index (κ2) is 8.90. The summed E-state index contributed by atoms with van der Waals surface area (Å²) in [6.45, 7) is 0.196. The maximum absolute atomic E-state index is 6.37. The fourth-order valence-corrected chi connectivity index (χ4v) is 9.61. The van der Waals surface area contributed by atoms with E-state index >= 15 is 0 Å². The van der Waals surface area contributed by atoms with Gasteiger partial charge < -0.3 is 9.32 Å². The predicted molar refractivity (Wildman–Crippen MR) is 184 cm³/mol. The average molecular weight is 584 g/mol. The molecule has 10 rings (SSSR count). The number of hydrogen-bond donors (Lipinski definition) is 0. The standard InChI is InChI=1S/C38H22BNOS2/c1-3-11-23(12-4-1)40(24-13-5-2-6-14-24)25-19-29-36-35(20-25)42-34-22-32-28(26-15-7-9-17-31(26)41-32)21-30(34)39(36)37-27-16-8-10-18-33(27)43-38(29)37/h1-22H. The Kier molecular flexibility index (Phi) is 4.93. The van der Waals surface area contributed by atoms with E-state index in [-0.39, 0.29) is 6.71 Å². The van der Waals surface area contributed by atoms with E-state index in [0.29, 0.717) is 0 Å². The number of fused-ring (bicyclic) bond motifs is 10. The second-order valence-electron chi connectivity index (χ2n) is 11.3. The van der Waals surface area contributed by atoms with E-state index in [2.05, 4.69) is 138 Å². The number of rotatable bonds is 3. The van der Waals surface area contributed by atoms with Gasteiger partial charge in [0, 0.05) is 47.2 Å². The van der Waals surface area contributed by atoms with E-state index in [1.165, 1.54) is 63.2 Å². The zero-order valence-electron chi connectivity index (χ0n) is 23.0. The Morgan fingerprint density at radius 1 is 0.535 bits per heavy atom. The van der Waals surface area contributed by atoms with Crippen LogP contribution in [0.15, 0.2) is 148 Å². The molecule has 4 heterocycles. The second-order valence-corrected chi connectivity index (χ2v) is 13.4. The maximum Gasteiger partial charge on any atom is 0.247 e. The van der Waals surface area contributed by atoms with Crippen LogP contribution in [-0.4, -0.2) is 6.71 Å². The molecule has 43 heavy (non-hydrogen) atoms. The molecule has 2 aromatic heterocycles. The molecule has 2 aliphatic heterocycles. The first-order valence-corrected chi connectivity index (χ1v) is 16.2. The van der Waals surface area contributed by atoms with E-state index < -0.39 is 0 Å². The summed E-state index contributed by atoms with van der Waals surface area (Å²) in [4.78, 5) is 6.39. The van der Waals surface area contributed by atoms with Crippen molar-refractivity contribution in [1.82, 2.24) is 0 Å². The normalized spacial score (nSPS) is 13.0. The number of anilines is 3. The summed E-state index contributed by atoms with van der Waals surface area (Å²) in [6, 6.07) is 48.3. The lowest BCUT2D eigenvalue weighted by atomic mass is 9.38. The highest BCUT2D eigenvalue weighted by molar-refractivity contribution is 8.00. The van der Waals surface area contributed by atoms with E-state index in [4.69, 9.17) is 4.42 Å². The van der Waals surface area contributed by atoms with Crippen molar-refractivity contribution in [1.29, 1.82) is 0 Å². The molecule has 8 aromatic rings. The summed E-state index contributed by atoms with van der Waals surface area (Å²) in [5.74, 6) is 0. The van der Waals surface area contributed by atoms with Gasteiger partial charge in [-0.2, -0.15) is 0 Å². The van der Waals surface area contributed by atoms with Gasteiger partial charge in [0.15, 0.2) is 0 Å². The van der Waals surface area contributed by atoms with Crippen molar-refractivity contribution in [3.63, 3.8) is 0 Å². The first-order valence-electron chi connectivity index (χ1n) is 14.5. The number of thiophene rings is 1. The lowest BCUT2D eigenvalue weighted by Gasteiger charge is -2.29. The Hall–Kier alpha value is -4.71. The average Bonchev–Trinajstić information content (AvgIpc) is 3.71. The summed E-state index contributed by atoms with van der Waals surface area (Å²) >= 11 is 3.82. The summed E-state index contributed by atoms with van der Waals surface area (Å²) in [7, 11) is 0. The van der Waals surface area contributed by atoms with Crippen molar-refractivity contribution in [3.05, 3.63) is 133 Å². The van der Waals surface area contributed by atoms with Gasteiger partial charge in [-0.15, -0.1) is 11.3 Å². The third-order valence-corrected chi connectivity index (χ3v) is 11.3. The zero-order valence-corrected chi connectivity index (χ0v) is 24.6. The molecule has 200 valence electrons. The molecule has 0 N–H and O–H groups in total. The number of benzene rings is 6. The fourth-order valence-electron chi connectivity index (χ4n) is 7.12. The minimum Gasteiger partial charge on any atom is -0.456 e. The van der Waals surface area contributed by atoms with Crippen LogP contribution in [0, 0.1) is 0 Å². The van der Waals surface area contributed by atoms with Crippen LogP contribution in [0.2, 0.25) is 0 Å². The van der Waals surface area contributed by atoms with Crippen LogP contribution in [0.5, 0.6) is 0 Å². The van der Waals surface area contributed by atoms with Crippen molar-refractivity contribution < 1.29 is 4.42 Å². The number of hydrogen-bond acceptors (Lipinski definition) is 4. The molecule has 2 aliphatic rings. The third-order valence-electron chi connectivity index (χ3n) is 8.91. The largest absolute Gasteiger partial charge is 0.456 e. The summed E-state index contributed by atoms with van der Waals surface area (Å²) < 4.78 is 7.72. The van der Waals surface area contributed by atoms with E-state index in [0.717, 1.165) is 22.5 Å². The minimum atomic E-state index is 0.196. The molecule has 0 fully saturated rings. The Morgan fingerprint density at radius 2 is 1.23 bits per heavy atom. The van der Waals surface area contributed by atoms with Crippen molar-refractivity contribution >= 4 is 95.3 Å². The van der Waals surface area contributed by atoms with Crippen LogP contribution < -0.4 is 21.3 Å². The molecule has 5 heteroatoms. The SMILES string of the molecule is c1ccc(N(c2ccccc2)c2cc3c4c(c2)-c2sc5ccccc5c2B4c2cc4c(cc2S3)oc2ccccc24)cc1. The van der Waals surface area contributed by atoms with Crippen LogP contribution >= 0.6 is 23.1 Å². The number of nitrogens with zero attached hydrogens (tertiary/aromatic N) is 1. The lowest BCUT2D eigenvalue weighted by Crippen LogP contribution is -2.52. The smallest absolute Gasteiger partial charge is 0.247 e. The zero-order chi connectivity index (χ0) is 28.1. The molecule has 0 spiro atoms. The molecule has 0 radical (unpaired) electrons. The van der Waals surface area contributed by atoms with Gasteiger partial charge in [-0.1, -0.05) is 96.1 Å². The van der Waals surface area contributed by atoms with E-state index in [1.807, 2.05) is 23.1 Å². The highest BCUT2D eigenvalue weighted by Crippen LogP contribution is 2.46. The Labute approximate surface area is 257 Å². The van der Waals surface area contributed by atoms with Crippen molar-refractivity contribution in [2.75, 3.05) is 4.90 Å². The molecule has 0 unspecified atom stereocenters. The summed E-state index contributed by atoms with van der Waals surface area (Å²) in [6.07, 6.45) is 0. The first-order chi connectivity index (χ1) is 21.3. The molecule has 0 saturated heterocycles. The minimum absolute atomic E-state index is 0.196. The molecule has 0 amide bonds. The van der Waals surface area contributed by atoms with Gasteiger partial charge in [-0.3, -0.25) is 0 Å². The molecule has 0 aliphatic carbocycles. The van der Waals surface area contributed by atoms with Gasteiger partial charge in [0.1, 0.15) is 11.2 Å². The first kappa shape index (κ1) is 23.8. The van der Waals surface area contributed by atoms with Gasteiger partial charge in [0.2, 0.25) is 6.71 Å². The Bertz CT molecular complexity index is 2350. The van der Waals surface area contributed by atoms with Gasteiger partial charge >= 0.3 is 0 Å². The van der Waals surface area contributed by atoms with Gasteiger partial charge in [-0.25, -0.2) is 0 Å². The highest BCUT2D eigenvalue weighted by Gasteiger charge is 2.43. The number of furan rings is 1. The van der Waals surface area contributed by atoms with Crippen molar-refractivity contribution in [2.24, 2.45) is 0 Å². The predicted octanol–water partition coefficient (Wildman–Crippen LogP) is 9.23. The van der Waals surface area contributed by atoms with E-state index in [9.17, 15) is 0 Å². The molecule has 0 atom stereocenters. The van der Waals surface area contributed by atoms with Gasteiger partial charge in [0.05, 0.1) is 0 Å². The van der Waals surface area contributed by atoms with Crippen LogP contribution in [-0.2, 0) is 0 Å². The molecule has 2 nitrogen and oxygen atoms in total. The fraction of sp³-hybridized carbons (Fsp3) is 0.